The van der Waals surface area contributed by atoms with Crippen molar-refractivity contribution in [1.82, 2.24) is 10.4 Å². The van der Waals surface area contributed by atoms with Crippen LogP contribution in [-0.4, -0.2) is 47.0 Å². The number of carboxylic acids is 1. The Balaban J connectivity index is 1.81. The van der Waals surface area contributed by atoms with E-state index in [0.717, 1.165) is 22.3 Å². The molecule has 0 spiro atoms. The smallest absolute Gasteiger partial charge is 0.335 e. The zero-order valence-corrected chi connectivity index (χ0v) is 17.1. The molecule has 7 heteroatoms. The van der Waals surface area contributed by atoms with Crippen molar-refractivity contribution in [3.63, 3.8) is 0 Å². The summed E-state index contributed by atoms with van der Waals surface area (Å²) in [6, 6.07) is 4.15. The molecular weight excluding hydrogens is 360 g/mol. The largest absolute Gasteiger partial charge is 0.481 e. The van der Waals surface area contributed by atoms with Gasteiger partial charge in [0.1, 0.15) is 0 Å². The van der Waals surface area contributed by atoms with Crippen LogP contribution < -0.4 is 5.48 Å². The number of piperidine rings is 1. The maximum atomic E-state index is 12.3. The van der Waals surface area contributed by atoms with Crippen molar-refractivity contribution in [3.05, 3.63) is 34.4 Å². The van der Waals surface area contributed by atoms with E-state index in [-0.39, 0.29) is 30.7 Å². The van der Waals surface area contributed by atoms with Crippen molar-refractivity contribution in [2.45, 2.75) is 59.4 Å². The van der Waals surface area contributed by atoms with Crippen molar-refractivity contribution in [2.75, 3.05) is 13.1 Å². The van der Waals surface area contributed by atoms with Crippen LogP contribution in [0.25, 0.3) is 0 Å². The number of aliphatic carboxylic acids is 1. The molecule has 0 radical (unpaired) electrons. The highest BCUT2D eigenvalue weighted by Gasteiger charge is 2.31. The van der Waals surface area contributed by atoms with Gasteiger partial charge in [0.2, 0.25) is 0 Å². The highest BCUT2D eigenvalue weighted by molar-refractivity contribution is 5.81. The summed E-state index contributed by atoms with van der Waals surface area (Å²) in [6.45, 7) is 9.04. The Hall–Kier alpha value is -2.41. The molecule has 2 atom stereocenters. The molecule has 1 amide bonds. The first-order valence-corrected chi connectivity index (χ1v) is 9.69. The number of hydrogen-bond donors (Lipinski definition) is 2. The average molecular weight is 390 g/mol. The molecular formula is C21H30N2O5. The minimum Gasteiger partial charge on any atom is -0.481 e. The molecule has 0 saturated carbocycles. The van der Waals surface area contributed by atoms with Gasteiger partial charge >= 0.3 is 11.9 Å². The standard InChI is InChI=1S/C21H30N2O5/c1-13-9-14(2)18(15(3)10-13)12-19(24)22-28-21(27)17-5-7-23(16(4)11-17)8-6-20(25)26/h9-10,16-17H,5-8,11-12H2,1-4H3,(H,22,24)(H,25,26). The lowest BCUT2D eigenvalue weighted by atomic mass is 9.91. The zero-order chi connectivity index (χ0) is 20.8. The minimum absolute atomic E-state index is 0.0906. The molecule has 2 unspecified atom stereocenters. The number of carboxylic acid groups (broad SMARTS) is 1. The highest BCUT2D eigenvalue weighted by Crippen LogP contribution is 2.24. The first-order chi connectivity index (χ1) is 13.2. The monoisotopic (exact) mass is 390 g/mol. The Kier molecular flexibility index (Phi) is 7.57. The lowest BCUT2D eigenvalue weighted by Gasteiger charge is -2.36. The number of amides is 1. The molecule has 7 nitrogen and oxygen atoms in total. The molecule has 1 aromatic carbocycles. The van der Waals surface area contributed by atoms with Gasteiger partial charge in [-0.15, -0.1) is 0 Å². The number of nitrogens with one attached hydrogen (secondary N) is 1. The Morgan fingerprint density at radius 1 is 1.21 bits per heavy atom. The third-order valence-corrected chi connectivity index (χ3v) is 5.40. The van der Waals surface area contributed by atoms with E-state index in [9.17, 15) is 14.4 Å². The van der Waals surface area contributed by atoms with Crippen LogP contribution >= 0.6 is 0 Å². The zero-order valence-electron chi connectivity index (χ0n) is 17.1. The summed E-state index contributed by atoms with van der Waals surface area (Å²) in [5.41, 5.74) is 6.46. The van der Waals surface area contributed by atoms with Crippen molar-refractivity contribution in [2.24, 2.45) is 5.92 Å². The normalized spacial score (nSPS) is 19.9. The molecule has 1 aliphatic heterocycles. The number of carbonyl (C=O) groups excluding carboxylic acids is 2. The number of hydroxylamine groups is 1. The molecule has 1 heterocycles. The van der Waals surface area contributed by atoms with Crippen LogP contribution in [0, 0.1) is 26.7 Å². The van der Waals surface area contributed by atoms with Gasteiger partial charge in [0.15, 0.2) is 0 Å². The van der Waals surface area contributed by atoms with E-state index < -0.39 is 11.9 Å². The molecule has 1 aliphatic rings. The van der Waals surface area contributed by atoms with E-state index >= 15 is 0 Å². The second kappa shape index (κ2) is 9.68. The molecule has 28 heavy (non-hydrogen) atoms. The summed E-state index contributed by atoms with van der Waals surface area (Å²) in [7, 11) is 0. The maximum absolute atomic E-state index is 12.3. The molecule has 0 aromatic heterocycles. The quantitative estimate of drug-likeness (QED) is 0.724. The van der Waals surface area contributed by atoms with Gasteiger partial charge in [-0.3, -0.25) is 9.59 Å². The van der Waals surface area contributed by atoms with Gasteiger partial charge in [0.05, 0.1) is 18.8 Å². The summed E-state index contributed by atoms with van der Waals surface area (Å²) in [6.07, 6.45) is 1.43. The van der Waals surface area contributed by atoms with E-state index in [0.29, 0.717) is 25.9 Å². The molecule has 0 bridgehead atoms. The lowest BCUT2D eigenvalue weighted by molar-refractivity contribution is -0.164. The van der Waals surface area contributed by atoms with Crippen LogP contribution in [0.2, 0.25) is 0 Å². The molecule has 1 aromatic rings. The second-order valence-electron chi connectivity index (χ2n) is 7.75. The van der Waals surface area contributed by atoms with Crippen LogP contribution in [-0.2, 0) is 25.6 Å². The van der Waals surface area contributed by atoms with Crippen LogP contribution in [0.3, 0.4) is 0 Å². The summed E-state index contributed by atoms with van der Waals surface area (Å²) in [5, 5.41) is 8.81. The molecule has 1 saturated heterocycles. The number of nitrogens with zero attached hydrogens (tertiary/aromatic N) is 1. The minimum atomic E-state index is -0.824. The SMILES string of the molecule is Cc1cc(C)c(CC(=O)NOC(=O)C2CCN(CCC(=O)O)C(C)C2)c(C)c1. The predicted molar refractivity (Wildman–Crippen MR) is 105 cm³/mol. The summed E-state index contributed by atoms with van der Waals surface area (Å²) in [5.74, 6) is -1.90. The third-order valence-electron chi connectivity index (χ3n) is 5.40. The number of benzene rings is 1. The van der Waals surface area contributed by atoms with E-state index in [4.69, 9.17) is 9.94 Å². The van der Waals surface area contributed by atoms with E-state index in [1.54, 1.807) is 0 Å². The van der Waals surface area contributed by atoms with Gasteiger partial charge in [-0.1, -0.05) is 17.7 Å². The van der Waals surface area contributed by atoms with Crippen molar-refractivity contribution < 1.29 is 24.3 Å². The fourth-order valence-corrected chi connectivity index (χ4v) is 3.88. The first-order valence-electron chi connectivity index (χ1n) is 9.69. The fraction of sp³-hybridized carbons (Fsp3) is 0.571. The van der Waals surface area contributed by atoms with Crippen LogP contribution in [0.4, 0.5) is 0 Å². The Morgan fingerprint density at radius 3 is 2.43 bits per heavy atom. The van der Waals surface area contributed by atoms with Crippen molar-refractivity contribution in [1.29, 1.82) is 0 Å². The van der Waals surface area contributed by atoms with E-state index in [1.807, 2.05) is 39.8 Å². The third kappa shape index (κ3) is 6.05. The number of carbonyl (C=O) groups is 3. The van der Waals surface area contributed by atoms with Gasteiger partial charge in [-0.05, 0) is 63.8 Å². The highest BCUT2D eigenvalue weighted by atomic mass is 16.7. The van der Waals surface area contributed by atoms with Gasteiger partial charge in [0, 0.05) is 12.6 Å². The van der Waals surface area contributed by atoms with Gasteiger partial charge in [0.25, 0.3) is 5.91 Å². The second-order valence-corrected chi connectivity index (χ2v) is 7.75. The number of hydrogen-bond acceptors (Lipinski definition) is 5. The topological polar surface area (TPSA) is 95.9 Å². The molecule has 0 aliphatic carbocycles. The number of likely N-dealkylation sites (tertiary alicyclic amines) is 1. The Bertz CT molecular complexity index is 723. The average Bonchev–Trinajstić information content (AvgIpc) is 2.61. The Morgan fingerprint density at radius 2 is 1.86 bits per heavy atom. The van der Waals surface area contributed by atoms with Crippen LogP contribution in [0.1, 0.15) is 48.4 Å². The predicted octanol–water partition coefficient (Wildman–Crippen LogP) is 2.30. The van der Waals surface area contributed by atoms with E-state index in [1.165, 1.54) is 0 Å². The first kappa shape index (κ1) is 21.9. The maximum Gasteiger partial charge on any atom is 0.335 e. The van der Waals surface area contributed by atoms with Crippen molar-refractivity contribution in [3.8, 4) is 0 Å². The van der Waals surface area contributed by atoms with Gasteiger partial charge < -0.3 is 14.8 Å². The fourth-order valence-electron chi connectivity index (χ4n) is 3.88. The number of rotatable bonds is 6. The van der Waals surface area contributed by atoms with Crippen molar-refractivity contribution >= 4 is 17.8 Å². The van der Waals surface area contributed by atoms with Crippen LogP contribution in [0.15, 0.2) is 12.1 Å². The molecule has 154 valence electrons. The Labute approximate surface area is 166 Å². The number of aryl methyl sites for hydroxylation is 3. The van der Waals surface area contributed by atoms with E-state index in [2.05, 4.69) is 10.4 Å². The summed E-state index contributed by atoms with van der Waals surface area (Å²) < 4.78 is 0. The molecule has 1 fully saturated rings. The molecule has 2 N–H and O–H groups in total. The van der Waals surface area contributed by atoms with Gasteiger partial charge in [-0.25, -0.2) is 4.79 Å². The lowest BCUT2D eigenvalue weighted by Crippen LogP contribution is -2.44. The summed E-state index contributed by atoms with van der Waals surface area (Å²) >= 11 is 0. The van der Waals surface area contributed by atoms with Gasteiger partial charge in [-0.2, -0.15) is 5.48 Å². The molecule has 2 rings (SSSR count). The van der Waals surface area contributed by atoms with Crippen LogP contribution in [0.5, 0.6) is 0 Å². The summed E-state index contributed by atoms with van der Waals surface area (Å²) in [4.78, 5) is 42.3.